The Bertz CT molecular complexity index is 521. The second kappa shape index (κ2) is 8.56. The third kappa shape index (κ3) is 5.00. The highest BCUT2D eigenvalue weighted by molar-refractivity contribution is 5.97. The first-order chi connectivity index (χ1) is 9.69. The predicted molar refractivity (Wildman–Crippen MR) is 74.9 cm³/mol. The van der Waals surface area contributed by atoms with E-state index in [1.54, 1.807) is 31.4 Å². The molecule has 0 fully saturated rings. The van der Waals surface area contributed by atoms with Crippen LogP contribution in [0.5, 0.6) is 5.75 Å². The number of ether oxygens (including phenoxy) is 1. The van der Waals surface area contributed by atoms with Gasteiger partial charge in [0.25, 0.3) is 5.91 Å². The smallest absolute Gasteiger partial charge is 0.263 e. The quantitative estimate of drug-likeness (QED) is 0.302. The molecular formula is C14H17N3O3. The fourth-order valence-electron chi connectivity index (χ4n) is 1.41. The maximum absolute atomic E-state index is 11.7. The zero-order chi connectivity index (χ0) is 14.8. The molecule has 1 aromatic carbocycles. The Morgan fingerprint density at radius 3 is 2.90 bits per heavy atom. The third-order valence-electron chi connectivity index (χ3n) is 2.45. The summed E-state index contributed by atoms with van der Waals surface area (Å²) < 4.78 is 4.86. The molecule has 1 aromatic rings. The normalized spacial score (nSPS) is 10.7. The van der Waals surface area contributed by atoms with E-state index in [4.69, 9.17) is 10.00 Å². The molecule has 0 aliphatic rings. The lowest BCUT2D eigenvalue weighted by atomic mass is 10.2. The lowest BCUT2D eigenvalue weighted by Crippen LogP contribution is -2.26. The molecule has 3 N–H and O–H groups in total. The molecule has 0 saturated heterocycles. The molecule has 0 aliphatic heterocycles. The number of nitrogens with one attached hydrogen (secondary N) is 2. The van der Waals surface area contributed by atoms with Gasteiger partial charge in [-0.05, 0) is 18.6 Å². The van der Waals surface area contributed by atoms with E-state index in [1.165, 1.54) is 12.3 Å². The van der Waals surface area contributed by atoms with Crippen LogP contribution in [0.15, 0.2) is 36.0 Å². The number of nitrogens with zero attached hydrogens (tertiary/aromatic N) is 1. The van der Waals surface area contributed by atoms with Gasteiger partial charge < -0.3 is 20.5 Å². The molecule has 1 rings (SSSR count). The van der Waals surface area contributed by atoms with E-state index in [1.807, 2.05) is 0 Å². The Kier molecular flexibility index (Phi) is 6.65. The summed E-state index contributed by atoms with van der Waals surface area (Å²) in [6, 6.07) is 8.36. The number of carbonyl (C=O) groups is 1. The van der Waals surface area contributed by atoms with Gasteiger partial charge in [0.2, 0.25) is 0 Å². The van der Waals surface area contributed by atoms with E-state index < -0.39 is 5.91 Å². The molecule has 0 aliphatic carbocycles. The Morgan fingerprint density at radius 1 is 1.50 bits per heavy atom. The number of carbonyl (C=O) groups excluding carboxylic acids is 1. The summed E-state index contributed by atoms with van der Waals surface area (Å²) in [5.74, 6) is -0.423. The molecular weight excluding hydrogens is 258 g/mol. The van der Waals surface area contributed by atoms with Gasteiger partial charge in [0.05, 0.1) is 5.69 Å². The maximum Gasteiger partial charge on any atom is 0.263 e. The van der Waals surface area contributed by atoms with Gasteiger partial charge >= 0.3 is 0 Å². The highest BCUT2D eigenvalue weighted by Crippen LogP contribution is 2.21. The first-order valence-electron chi connectivity index (χ1n) is 6.11. The lowest BCUT2D eigenvalue weighted by molar-refractivity contribution is -0.117. The summed E-state index contributed by atoms with van der Waals surface area (Å²) in [6.07, 6.45) is 1.94. The van der Waals surface area contributed by atoms with Gasteiger partial charge in [-0.25, -0.2) is 0 Å². The molecule has 0 saturated carbocycles. The van der Waals surface area contributed by atoms with Crippen molar-refractivity contribution in [2.24, 2.45) is 0 Å². The highest BCUT2D eigenvalue weighted by atomic mass is 16.5. The van der Waals surface area contributed by atoms with Gasteiger partial charge in [0.15, 0.2) is 0 Å². The van der Waals surface area contributed by atoms with Crippen LogP contribution in [-0.2, 0) is 9.53 Å². The number of phenolic OH excluding ortho intramolecular Hbond substituents is 1. The fourth-order valence-corrected chi connectivity index (χ4v) is 1.41. The van der Waals surface area contributed by atoms with Crippen LogP contribution in [0.1, 0.15) is 6.42 Å². The first-order valence-corrected chi connectivity index (χ1v) is 6.11. The highest BCUT2D eigenvalue weighted by Gasteiger charge is 2.08. The number of amides is 1. The number of hydrogen-bond donors (Lipinski definition) is 3. The van der Waals surface area contributed by atoms with E-state index in [9.17, 15) is 9.90 Å². The number of methoxy groups -OCH3 is 1. The Morgan fingerprint density at radius 2 is 2.25 bits per heavy atom. The summed E-state index contributed by atoms with van der Waals surface area (Å²) in [5.41, 5.74) is 0.359. The summed E-state index contributed by atoms with van der Waals surface area (Å²) in [7, 11) is 1.58. The van der Waals surface area contributed by atoms with Crippen LogP contribution >= 0.6 is 0 Å². The predicted octanol–water partition coefficient (Wildman–Crippen LogP) is 1.36. The molecule has 0 spiro atoms. The molecule has 1 amide bonds. The Hall–Kier alpha value is -2.52. The average molecular weight is 275 g/mol. The van der Waals surface area contributed by atoms with Crippen LogP contribution in [0.25, 0.3) is 0 Å². The molecule has 106 valence electrons. The number of hydrogen-bond acceptors (Lipinski definition) is 5. The molecule has 6 nitrogen and oxygen atoms in total. The van der Waals surface area contributed by atoms with Crippen LogP contribution in [0.2, 0.25) is 0 Å². The Labute approximate surface area is 117 Å². The number of para-hydroxylation sites is 2. The van der Waals surface area contributed by atoms with E-state index in [2.05, 4.69) is 10.6 Å². The zero-order valence-corrected chi connectivity index (χ0v) is 11.2. The van der Waals surface area contributed by atoms with Gasteiger partial charge in [0, 0.05) is 26.5 Å². The van der Waals surface area contributed by atoms with E-state index in [0.29, 0.717) is 25.3 Å². The minimum Gasteiger partial charge on any atom is -0.506 e. The molecule has 0 radical (unpaired) electrons. The fraction of sp³-hybridized carbons (Fsp3) is 0.286. The molecule has 0 heterocycles. The standard InChI is InChI=1S/C14H17N3O3/c1-20-8-4-7-16-14(19)11(9-15)10-17-12-5-2-3-6-13(12)18/h2-3,5-6,10,17-18H,4,7-8H2,1H3,(H,16,19)/b11-10-. The van der Waals surface area contributed by atoms with Gasteiger partial charge in [-0.3, -0.25) is 4.79 Å². The summed E-state index contributed by atoms with van der Waals surface area (Å²) >= 11 is 0. The van der Waals surface area contributed by atoms with Gasteiger partial charge in [-0.2, -0.15) is 5.26 Å². The molecule has 0 atom stereocenters. The average Bonchev–Trinajstić information content (AvgIpc) is 2.46. The summed E-state index contributed by atoms with van der Waals surface area (Å²) in [5, 5.41) is 23.8. The van der Waals surface area contributed by atoms with E-state index in [0.717, 1.165) is 0 Å². The zero-order valence-electron chi connectivity index (χ0n) is 11.2. The topological polar surface area (TPSA) is 94.4 Å². The monoisotopic (exact) mass is 275 g/mol. The first kappa shape index (κ1) is 15.5. The van der Waals surface area contributed by atoms with Crippen molar-refractivity contribution in [3.8, 4) is 11.8 Å². The second-order valence-corrected chi connectivity index (χ2v) is 3.93. The molecule has 0 aromatic heterocycles. The van der Waals surface area contributed by atoms with Crippen LogP contribution in [-0.4, -0.2) is 31.3 Å². The molecule has 0 unspecified atom stereocenters. The minimum atomic E-state index is -0.466. The summed E-state index contributed by atoms with van der Waals surface area (Å²) in [4.78, 5) is 11.7. The lowest BCUT2D eigenvalue weighted by Gasteiger charge is -2.06. The SMILES string of the molecule is COCCCNC(=O)/C(C#N)=C\Nc1ccccc1O. The second-order valence-electron chi connectivity index (χ2n) is 3.93. The number of phenols is 1. The summed E-state index contributed by atoms with van der Waals surface area (Å²) in [6.45, 7) is 0.976. The van der Waals surface area contributed by atoms with Crippen molar-refractivity contribution < 1.29 is 14.6 Å². The molecule has 6 heteroatoms. The molecule has 20 heavy (non-hydrogen) atoms. The van der Waals surface area contributed by atoms with Gasteiger partial charge in [0.1, 0.15) is 17.4 Å². The van der Waals surface area contributed by atoms with Crippen molar-refractivity contribution in [1.29, 1.82) is 5.26 Å². The van der Waals surface area contributed by atoms with Crippen molar-refractivity contribution >= 4 is 11.6 Å². The number of rotatable bonds is 7. The minimum absolute atomic E-state index is 0.0431. The van der Waals surface area contributed by atoms with Crippen molar-refractivity contribution in [3.05, 3.63) is 36.0 Å². The van der Waals surface area contributed by atoms with Crippen LogP contribution in [0.4, 0.5) is 5.69 Å². The molecule has 0 bridgehead atoms. The van der Waals surface area contributed by atoms with Crippen LogP contribution in [0.3, 0.4) is 0 Å². The Balaban J connectivity index is 2.57. The maximum atomic E-state index is 11.7. The number of nitriles is 1. The van der Waals surface area contributed by atoms with Gasteiger partial charge in [-0.15, -0.1) is 0 Å². The van der Waals surface area contributed by atoms with Crippen LogP contribution in [0, 0.1) is 11.3 Å². The number of benzene rings is 1. The van der Waals surface area contributed by atoms with Crippen LogP contribution < -0.4 is 10.6 Å². The van der Waals surface area contributed by atoms with Crippen molar-refractivity contribution in [1.82, 2.24) is 5.32 Å². The van der Waals surface area contributed by atoms with E-state index >= 15 is 0 Å². The third-order valence-corrected chi connectivity index (χ3v) is 2.45. The van der Waals surface area contributed by atoms with E-state index in [-0.39, 0.29) is 11.3 Å². The van der Waals surface area contributed by atoms with Crippen molar-refractivity contribution in [2.45, 2.75) is 6.42 Å². The largest absolute Gasteiger partial charge is 0.506 e. The van der Waals surface area contributed by atoms with Crippen molar-refractivity contribution in [2.75, 3.05) is 25.6 Å². The van der Waals surface area contributed by atoms with Crippen molar-refractivity contribution in [3.63, 3.8) is 0 Å². The van der Waals surface area contributed by atoms with Gasteiger partial charge in [-0.1, -0.05) is 12.1 Å². The number of anilines is 1. The number of aromatic hydroxyl groups is 1.